The quantitative estimate of drug-likeness (QED) is 0.809. The first-order valence-electron chi connectivity index (χ1n) is 5.80. The van der Waals surface area contributed by atoms with Gasteiger partial charge in [0.15, 0.2) is 5.82 Å². The maximum atomic E-state index is 11.3. The van der Waals surface area contributed by atoms with Crippen LogP contribution in [0.4, 0.5) is 0 Å². The van der Waals surface area contributed by atoms with Gasteiger partial charge in [0.1, 0.15) is 0 Å². The fraction of sp³-hybridized carbons (Fsp3) is 0.364. The second-order valence-corrected chi connectivity index (χ2v) is 4.05. The summed E-state index contributed by atoms with van der Waals surface area (Å²) in [5.74, 6) is -0.529. The standard InChI is InChI=1S/C11H13N5O3/c1-2-8(6-10(18)19)16-11(13-14-15-16)7-3-4-12-9(17)5-7/h3-5,8H,2,6H2,1H3,(H,12,17)(H,18,19). The third-order valence-electron chi connectivity index (χ3n) is 2.75. The number of H-pyrrole nitrogens is 1. The highest BCUT2D eigenvalue weighted by molar-refractivity contribution is 5.67. The first kappa shape index (κ1) is 12.9. The normalized spacial score (nSPS) is 12.3. The number of carboxylic acids is 1. The fourth-order valence-corrected chi connectivity index (χ4v) is 1.82. The zero-order valence-electron chi connectivity index (χ0n) is 10.3. The molecule has 19 heavy (non-hydrogen) atoms. The Morgan fingerprint density at radius 3 is 3.00 bits per heavy atom. The van der Waals surface area contributed by atoms with Crippen molar-refractivity contribution in [2.75, 3.05) is 0 Å². The predicted molar refractivity (Wildman–Crippen MR) is 65.5 cm³/mol. The minimum atomic E-state index is -0.917. The molecule has 2 N–H and O–H groups in total. The van der Waals surface area contributed by atoms with Crippen LogP contribution >= 0.6 is 0 Å². The number of carboxylic acid groups (broad SMARTS) is 1. The van der Waals surface area contributed by atoms with Crippen molar-refractivity contribution in [2.24, 2.45) is 0 Å². The van der Waals surface area contributed by atoms with Crippen molar-refractivity contribution in [3.63, 3.8) is 0 Å². The molecule has 0 spiro atoms. The van der Waals surface area contributed by atoms with Gasteiger partial charge in [-0.2, -0.15) is 0 Å². The number of nitrogens with zero attached hydrogens (tertiary/aromatic N) is 4. The molecule has 0 amide bonds. The van der Waals surface area contributed by atoms with E-state index in [1.54, 1.807) is 6.07 Å². The fourth-order valence-electron chi connectivity index (χ4n) is 1.82. The van der Waals surface area contributed by atoms with Crippen molar-refractivity contribution in [3.8, 4) is 11.4 Å². The third-order valence-corrected chi connectivity index (χ3v) is 2.75. The van der Waals surface area contributed by atoms with Gasteiger partial charge in [0, 0.05) is 17.8 Å². The van der Waals surface area contributed by atoms with Crippen LogP contribution in [0.1, 0.15) is 25.8 Å². The number of aromatic amines is 1. The zero-order chi connectivity index (χ0) is 13.8. The summed E-state index contributed by atoms with van der Waals surface area (Å²) in [5.41, 5.74) is 0.288. The molecule has 1 unspecified atom stereocenters. The summed E-state index contributed by atoms with van der Waals surface area (Å²) in [6, 6.07) is 2.69. The van der Waals surface area contributed by atoms with E-state index in [2.05, 4.69) is 20.5 Å². The second kappa shape index (κ2) is 5.42. The lowest BCUT2D eigenvalue weighted by Gasteiger charge is -2.13. The summed E-state index contributed by atoms with van der Waals surface area (Å²) in [5, 5.41) is 20.1. The van der Waals surface area contributed by atoms with Gasteiger partial charge in [-0.05, 0) is 22.9 Å². The lowest BCUT2D eigenvalue weighted by Crippen LogP contribution is -2.16. The molecule has 0 saturated carbocycles. The lowest BCUT2D eigenvalue weighted by atomic mass is 10.1. The Labute approximate surface area is 108 Å². The van der Waals surface area contributed by atoms with E-state index in [9.17, 15) is 9.59 Å². The number of tetrazole rings is 1. The van der Waals surface area contributed by atoms with Crippen LogP contribution < -0.4 is 5.56 Å². The molecule has 0 aliphatic heterocycles. The highest BCUT2D eigenvalue weighted by atomic mass is 16.4. The molecule has 8 heteroatoms. The van der Waals surface area contributed by atoms with Gasteiger partial charge in [-0.3, -0.25) is 9.59 Å². The van der Waals surface area contributed by atoms with Crippen LogP contribution in [0.2, 0.25) is 0 Å². The van der Waals surface area contributed by atoms with Crippen LogP contribution in [0.3, 0.4) is 0 Å². The van der Waals surface area contributed by atoms with Gasteiger partial charge in [-0.15, -0.1) is 5.10 Å². The molecule has 2 rings (SSSR count). The topological polar surface area (TPSA) is 114 Å². The van der Waals surface area contributed by atoms with Gasteiger partial charge < -0.3 is 10.1 Å². The Morgan fingerprint density at radius 1 is 1.58 bits per heavy atom. The summed E-state index contributed by atoms with van der Waals surface area (Å²) < 4.78 is 1.45. The highest BCUT2D eigenvalue weighted by Gasteiger charge is 2.19. The minimum Gasteiger partial charge on any atom is -0.481 e. The van der Waals surface area contributed by atoms with Gasteiger partial charge in [0.2, 0.25) is 5.56 Å². The van der Waals surface area contributed by atoms with Crippen molar-refractivity contribution in [2.45, 2.75) is 25.8 Å². The number of nitrogens with one attached hydrogen (secondary N) is 1. The number of rotatable bonds is 5. The van der Waals surface area contributed by atoms with Crippen molar-refractivity contribution >= 4 is 5.97 Å². The number of hydrogen-bond acceptors (Lipinski definition) is 5. The number of aliphatic carboxylic acids is 1. The zero-order valence-corrected chi connectivity index (χ0v) is 10.3. The molecule has 0 saturated heterocycles. The molecule has 2 heterocycles. The predicted octanol–water partition coefficient (Wildman–Crippen LogP) is 0.454. The molecule has 0 radical (unpaired) electrons. The highest BCUT2D eigenvalue weighted by Crippen LogP contribution is 2.21. The van der Waals surface area contributed by atoms with E-state index >= 15 is 0 Å². The SMILES string of the molecule is CCC(CC(=O)O)n1nnnc1-c1cc[nH]c(=O)c1. The Kier molecular flexibility index (Phi) is 3.69. The van der Waals surface area contributed by atoms with E-state index in [0.717, 1.165) is 0 Å². The van der Waals surface area contributed by atoms with E-state index in [1.807, 2.05) is 6.92 Å². The number of carbonyl (C=O) groups is 1. The molecule has 8 nitrogen and oxygen atoms in total. The number of hydrogen-bond donors (Lipinski definition) is 2. The molecule has 0 aromatic carbocycles. The van der Waals surface area contributed by atoms with E-state index < -0.39 is 5.97 Å². The number of pyridine rings is 1. The number of aromatic nitrogens is 5. The van der Waals surface area contributed by atoms with E-state index in [-0.39, 0.29) is 18.0 Å². The Bertz CT molecular complexity index is 633. The summed E-state index contributed by atoms with van der Waals surface area (Å²) in [6.45, 7) is 1.86. The van der Waals surface area contributed by atoms with Crippen molar-refractivity contribution in [1.29, 1.82) is 0 Å². The Balaban J connectivity index is 2.41. The molecular weight excluding hydrogens is 250 g/mol. The molecule has 0 bridgehead atoms. The Hall–Kier alpha value is -2.51. The maximum Gasteiger partial charge on any atom is 0.305 e. The van der Waals surface area contributed by atoms with Crippen LogP contribution in [0.15, 0.2) is 23.1 Å². The summed E-state index contributed by atoms with van der Waals surface area (Å²) >= 11 is 0. The molecular formula is C11H13N5O3. The molecule has 0 fully saturated rings. The van der Waals surface area contributed by atoms with E-state index in [4.69, 9.17) is 5.11 Å². The van der Waals surface area contributed by atoms with Gasteiger partial charge in [0.05, 0.1) is 12.5 Å². The van der Waals surface area contributed by atoms with E-state index in [1.165, 1.54) is 16.9 Å². The van der Waals surface area contributed by atoms with Gasteiger partial charge in [-0.1, -0.05) is 6.92 Å². The summed E-state index contributed by atoms with van der Waals surface area (Å²) in [6.07, 6.45) is 2.00. The van der Waals surface area contributed by atoms with Crippen LogP contribution in [0, 0.1) is 0 Å². The average molecular weight is 263 g/mol. The second-order valence-electron chi connectivity index (χ2n) is 4.05. The molecule has 1 atom stereocenters. The molecule has 2 aromatic rings. The summed E-state index contributed by atoms with van der Waals surface area (Å²) in [4.78, 5) is 24.6. The van der Waals surface area contributed by atoms with Gasteiger partial charge in [-0.25, -0.2) is 4.68 Å². The minimum absolute atomic E-state index is 0.0717. The maximum absolute atomic E-state index is 11.3. The van der Waals surface area contributed by atoms with Gasteiger partial charge >= 0.3 is 5.97 Å². The lowest BCUT2D eigenvalue weighted by molar-refractivity contribution is -0.138. The largest absolute Gasteiger partial charge is 0.481 e. The van der Waals surface area contributed by atoms with Crippen LogP contribution in [0.25, 0.3) is 11.4 Å². The van der Waals surface area contributed by atoms with Crippen LogP contribution in [0.5, 0.6) is 0 Å². The molecule has 0 aliphatic rings. The van der Waals surface area contributed by atoms with Crippen LogP contribution in [-0.2, 0) is 4.79 Å². The first-order valence-corrected chi connectivity index (χ1v) is 5.80. The van der Waals surface area contributed by atoms with Crippen molar-refractivity contribution < 1.29 is 9.90 Å². The van der Waals surface area contributed by atoms with Crippen molar-refractivity contribution in [1.82, 2.24) is 25.2 Å². The Morgan fingerprint density at radius 2 is 2.37 bits per heavy atom. The first-order chi connectivity index (χ1) is 9.11. The average Bonchev–Trinajstić information content (AvgIpc) is 2.84. The summed E-state index contributed by atoms with van der Waals surface area (Å²) in [7, 11) is 0. The molecule has 2 aromatic heterocycles. The smallest absolute Gasteiger partial charge is 0.305 e. The van der Waals surface area contributed by atoms with Crippen LogP contribution in [-0.4, -0.2) is 36.3 Å². The van der Waals surface area contributed by atoms with Gasteiger partial charge in [0.25, 0.3) is 0 Å². The molecule has 0 aliphatic carbocycles. The van der Waals surface area contributed by atoms with E-state index in [0.29, 0.717) is 17.8 Å². The monoisotopic (exact) mass is 263 g/mol. The van der Waals surface area contributed by atoms with Crippen molar-refractivity contribution in [3.05, 3.63) is 28.7 Å². The third kappa shape index (κ3) is 2.84. The molecule has 100 valence electrons.